The van der Waals surface area contributed by atoms with Gasteiger partial charge in [-0.15, -0.1) is 0 Å². The Bertz CT molecular complexity index is 149. The Morgan fingerprint density at radius 1 is 1.71 bits per heavy atom. The Morgan fingerprint density at radius 2 is 2.29 bits per heavy atom. The lowest BCUT2D eigenvalue weighted by atomic mass is 10.6. The highest BCUT2D eigenvalue weighted by molar-refractivity contribution is 5.86. The molecule has 0 unspecified atom stereocenters. The van der Waals surface area contributed by atoms with E-state index < -0.39 is 5.91 Å². The molecule has 0 fully saturated rings. The van der Waals surface area contributed by atoms with Crippen LogP contribution in [0.3, 0.4) is 0 Å². The standard InChI is InChI=1S/C4H3NO2/c5-4(7)2-1-3-6/h2H,(H2,5,7). The minimum Gasteiger partial charge on any atom is -0.366 e. The molecule has 36 valence electrons. The van der Waals surface area contributed by atoms with Gasteiger partial charge in [-0.1, -0.05) is 0 Å². The summed E-state index contributed by atoms with van der Waals surface area (Å²) in [7, 11) is 0. The van der Waals surface area contributed by atoms with Crippen LogP contribution in [0, 0.1) is 0 Å². The lowest BCUT2D eigenvalue weighted by molar-refractivity contribution is -0.113. The number of amides is 1. The van der Waals surface area contributed by atoms with E-state index in [0.29, 0.717) is 0 Å². The second-order valence-corrected chi connectivity index (χ2v) is 0.793. The molecule has 0 aromatic carbocycles. The summed E-state index contributed by atoms with van der Waals surface area (Å²) in [6, 6.07) is 0. The van der Waals surface area contributed by atoms with Crippen molar-refractivity contribution in [3.63, 3.8) is 0 Å². The van der Waals surface area contributed by atoms with Gasteiger partial charge in [-0.3, -0.25) is 4.79 Å². The van der Waals surface area contributed by atoms with E-state index in [1.807, 2.05) is 5.73 Å². The minimum absolute atomic E-state index is 0.691. The van der Waals surface area contributed by atoms with E-state index in [1.165, 1.54) is 5.94 Å². The van der Waals surface area contributed by atoms with E-state index in [9.17, 15) is 9.59 Å². The van der Waals surface area contributed by atoms with Crippen molar-refractivity contribution >= 4 is 11.8 Å². The zero-order valence-electron chi connectivity index (χ0n) is 3.47. The molecule has 0 bridgehead atoms. The van der Waals surface area contributed by atoms with Crippen LogP contribution in [0.15, 0.2) is 11.8 Å². The number of rotatable bonds is 1. The predicted molar refractivity (Wildman–Crippen MR) is 23.0 cm³/mol. The zero-order valence-corrected chi connectivity index (χ0v) is 3.47. The van der Waals surface area contributed by atoms with Gasteiger partial charge in [0.15, 0.2) is 5.94 Å². The highest BCUT2D eigenvalue weighted by atomic mass is 16.1. The number of carbonyl (C=O) groups is 1. The van der Waals surface area contributed by atoms with Gasteiger partial charge in [0.2, 0.25) is 5.91 Å². The molecular formula is C4H3NO2. The van der Waals surface area contributed by atoms with Gasteiger partial charge in [-0.05, 0) is 5.73 Å². The number of primary amides is 1. The van der Waals surface area contributed by atoms with Crippen molar-refractivity contribution in [3.8, 4) is 0 Å². The Balaban J connectivity index is 3.96. The minimum atomic E-state index is -0.691. The molecule has 7 heavy (non-hydrogen) atoms. The molecule has 2 N–H and O–H groups in total. The number of hydrogen-bond acceptors (Lipinski definition) is 2. The van der Waals surface area contributed by atoms with E-state index >= 15 is 0 Å². The number of nitrogens with two attached hydrogens (primary N) is 1. The number of carbonyl (C=O) groups excluding carboxylic acids is 2. The van der Waals surface area contributed by atoms with E-state index in [2.05, 4.69) is 5.73 Å². The fourth-order valence-corrected chi connectivity index (χ4v) is 0.101. The maximum absolute atomic E-state index is 9.68. The lowest BCUT2D eigenvalue weighted by Crippen LogP contribution is -2.04. The average molecular weight is 97.1 g/mol. The van der Waals surface area contributed by atoms with Crippen LogP contribution in [0.2, 0.25) is 0 Å². The van der Waals surface area contributed by atoms with Crippen LogP contribution in [0.5, 0.6) is 0 Å². The van der Waals surface area contributed by atoms with Crippen molar-refractivity contribution < 1.29 is 9.59 Å². The molecule has 0 aliphatic rings. The molecule has 3 nitrogen and oxygen atoms in total. The molecule has 0 aliphatic heterocycles. The van der Waals surface area contributed by atoms with Gasteiger partial charge in [-0.25, -0.2) is 4.79 Å². The molecule has 0 heterocycles. The van der Waals surface area contributed by atoms with Gasteiger partial charge in [0.05, 0.1) is 6.08 Å². The van der Waals surface area contributed by atoms with Gasteiger partial charge >= 0.3 is 0 Å². The third-order valence-electron chi connectivity index (χ3n) is 0.273. The van der Waals surface area contributed by atoms with Crippen molar-refractivity contribution in [2.45, 2.75) is 0 Å². The van der Waals surface area contributed by atoms with Crippen LogP contribution >= 0.6 is 0 Å². The van der Waals surface area contributed by atoms with Crippen LogP contribution in [0.25, 0.3) is 0 Å². The van der Waals surface area contributed by atoms with Gasteiger partial charge in [-0.2, -0.15) is 0 Å². The molecule has 3 heteroatoms. The Morgan fingerprint density at radius 3 is 2.43 bits per heavy atom. The van der Waals surface area contributed by atoms with Crippen LogP contribution in [0.1, 0.15) is 0 Å². The highest BCUT2D eigenvalue weighted by Gasteiger charge is 1.74. The first-order valence-electron chi connectivity index (χ1n) is 1.52. The molecule has 0 saturated heterocycles. The molecule has 0 saturated carbocycles. The fraction of sp³-hybridized carbons (Fsp3) is 0. The topological polar surface area (TPSA) is 60.2 Å². The summed E-state index contributed by atoms with van der Waals surface area (Å²) in [5, 5.41) is 0. The molecule has 0 atom stereocenters. The Hall–Kier alpha value is -1.30. The summed E-state index contributed by atoms with van der Waals surface area (Å²) in [4.78, 5) is 18.9. The summed E-state index contributed by atoms with van der Waals surface area (Å²) >= 11 is 0. The normalized spacial score (nSPS) is 5.71. The Labute approximate surface area is 40.1 Å². The monoisotopic (exact) mass is 97.0 g/mol. The summed E-state index contributed by atoms with van der Waals surface area (Å²) in [6.45, 7) is 0. The molecule has 0 rings (SSSR count). The van der Waals surface area contributed by atoms with E-state index in [1.54, 1.807) is 0 Å². The SMILES string of the molecule is NC(=O)C=C=C=O. The fourth-order valence-electron chi connectivity index (χ4n) is 0.101. The van der Waals surface area contributed by atoms with Crippen molar-refractivity contribution in [3.05, 3.63) is 11.8 Å². The van der Waals surface area contributed by atoms with Crippen LogP contribution < -0.4 is 5.73 Å². The van der Waals surface area contributed by atoms with E-state index in [0.717, 1.165) is 6.08 Å². The summed E-state index contributed by atoms with van der Waals surface area (Å²) in [6.07, 6.45) is 0.812. The quantitative estimate of drug-likeness (QED) is 0.259. The van der Waals surface area contributed by atoms with Crippen LogP contribution in [0.4, 0.5) is 0 Å². The molecule has 1 amide bonds. The lowest BCUT2D eigenvalue weighted by Gasteiger charge is -1.65. The first-order valence-corrected chi connectivity index (χ1v) is 1.52. The highest BCUT2D eigenvalue weighted by Crippen LogP contribution is 1.53. The van der Waals surface area contributed by atoms with Gasteiger partial charge in [0.1, 0.15) is 0 Å². The predicted octanol–water partition coefficient (Wildman–Crippen LogP) is -0.985. The molecule has 0 radical (unpaired) electrons. The summed E-state index contributed by atoms with van der Waals surface area (Å²) < 4.78 is 0. The van der Waals surface area contributed by atoms with Gasteiger partial charge < -0.3 is 5.73 Å². The van der Waals surface area contributed by atoms with Crippen molar-refractivity contribution in [1.29, 1.82) is 0 Å². The van der Waals surface area contributed by atoms with E-state index in [-0.39, 0.29) is 0 Å². The zero-order chi connectivity index (χ0) is 5.70. The van der Waals surface area contributed by atoms with Crippen LogP contribution in [-0.2, 0) is 9.59 Å². The molecule has 0 aliphatic carbocycles. The maximum Gasteiger partial charge on any atom is 0.249 e. The third-order valence-corrected chi connectivity index (χ3v) is 0.273. The number of hydrogen-bond donors (Lipinski definition) is 1. The second kappa shape index (κ2) is 2.91. The Kier molecular flexibility index (Phi) is 2.37. The second-order valence-electron chi connectivity index (χ2n) is 0.793. The average Bonchev–Trinajstić information content (AvgIpc) is 1.61. The van der Waals surface area contributed by atoms with Crippen molar-refractivity contribution in [2.24, 2.45) is 5.73 Å². The van der Waals surface area contributed by atoms with Gasteiger partial charge in [0.25, 0.3) is 0 Å². The largest absolute Gasteiger partial charge is 0.366 e. The van der Waals surface area contributed by atoms with E-state index in [4.69, 9.17) is 0 Å². The third kappa shape index (κ3) is 4.70. The first-order chi connectivity index (χ1) is 3.27. The summed E-state index contributed by atoms with van der Waals surface area (Å²) in [5.74, 6) is 0.551. The molecule has 0 aromatic heterocycles. The summed E-state index contributed by atoms with van der Waals surface area (Å²) in [5.41, 5.74) is 6.39. The van der Waals surface area contributed by atoms with Crippen molar-refractivity contribution in [1.82, 2.24) is 0 Å². The van der Waals surface area contributed by atoms with Crippen molar-refractivity contribution in [2.75, 3.05) is 0 Å². The smallest absolute Gasteiger partial charge is 0.249 e. The maximum atomic E-state index is 9.68. The van der Waals surface area contributed by atoms with Gasteiger partial charge in [0, 0.05) is 0 Å². The molecule has 0 aromatic rings. The first kappa shape index (κ1) is 5.70. The van der Waals surface area contributed by atoms with Crippen LogP contribution in [-0.4, -0.2) is 11.8 Å². The molecular weight excluding hydrogens is 94.0 g/mol. The molecule has 0 spiro atoms.